The Labute approximate surface area is 224 Å². The van der Waals surface area contributed by atoms with Crippen molar-refractivity contribution in [3.63, 3.8) is 0 Å². The van der Waals surface area contributed by atoms with Crippen LogP contribution in [0.1, 0.15) is 51.7 Å². The number of rotatable bonds is 6. The van der Waals surface area contributed by atoms with E-state index in [1.807, 2.05) is 26.0 Å². The van der Waals surface area contributed by atoms with Crippen molar-refractivity contribution >= 4 is 17.9 Å². The quantitative estimate of drug-likeness (QED) is 0.339. The summed E-state index contributed by atoms with van der Waals surface area (Å²) in [6.07, 6.45) is 6.02. The molecule has 1 fully saturated rings. The fourth-order valence-electron chi connectivity index (χ4n) is 6.72. The van der Waals surface area contributed by atoms with Gasteiger partial charge in [0.15, 0.2) is 17.6 Å². The maximum atomic E-state index is 11.7. The van der Waals surface area contributed by atoms with Crippen LogP contribution in [0.3, 0.4) is 0 Å². The molecule has 38 heavy (non-hydrogen) atoms. The lowest BCUT2D eigenvalue weighted by atomic mass is 9.53. The summed E-state index contributed by atoms with van der Waals surface area (Å²) in [5, 5.41) is 8.75. The maximum absolute atomic E-state index is 11.7. The van der Waals surface area contributed by atoms with Gasteiger partial charge in [0.05, 0.1) is 0 Å². The Balaban J connectivity index is 0.000000261. The summed E-state index contributed by atoms with van der Waals surface area (Å²) in [7, 11) is 5.76. The van der Waals surface area contributed by atoms with Crippen molar-refractivity contribution in [2.24, 2.45) is 11.8 Å². The summed E-state index contributed by atoms with van der Waals surface area (Å²) in [5.41, 5.74) is 2.15. The van der Waals surface area contributed by atoms with Crippen LogP contribution in [0.2, 0.25) is 0 Å². The first-order chi connectivity index (χ1) is 17.9. The van der Waals surface area contributed by atoms with Crippen LogP contribution in [0.25, 0.3) is 0 Å². The van der Waals surface area contributed by atoms with Crippen molar-refractivity contribution in [1.29, 1.82) is 0 Å². The van der Waals surface area contributed by atoms with Crippen LogP contribution in [0.5, 0.6) is 11.5 Å². The van der Waals surface area contributed by atoms with Gasteiger partial charge in [0.25, 0.3) is 0 Å². The van der Waals surface area contributed by atoms with E-state index in [-0.39, 0.29) is 35.4 Å². The number of likely N-dealkylation sites (tertiary alicyclic amines) is 1. The van der Waals surface area contributed by atoms with Crippen LogP contribution in [-0.4, -0.2) is 84.8 Å². The lowest BCUT2D eigenvalue weighted by Crippen LogP contribution is -2.65. The van der Waals surface area contributed by atoms with E-state index in [9.17, 15) is 14.4 Å². The number of benzene rings is 1. The smallest absolute Gasteiger partial charge is 0.320 e. The molecule has 2 bridgehead atoms. The summed E-state index contributed by atoms with van der Waals surface area (Å²) < 4.78 is 17.5. The molecule has 2 heterocycles. The molecule has 0 aromatic heterocycles. The summed E-state index contributed by atoms with van der Waals surface area (Å²) in [6, 6.07) is 3.94. The molecule has 1 saturated heterocycles. The normalized spacial score (nSPS) is 29.1. The number of piperidine rings is 1. The minimum Gasteiger partial charge on any atom is -0.481 e. The first-order valence-electron chi connectivity index (χ1n) is 13.3. The van der Waals surface area contributed by atoms with Gasteiger partial charge in [0.2, 0.25) is 0 Å². The zero-order chi connectivity index (χ0) is 27.9. The third-order valence-electron chi connectivity index (χ3n) is 8.27. The summed E-state index contributed by atoms with van der Waals surface area (Å²) >= 11 is 0. The molecule has 6 atom stereocenters. The highest BCUT2D eigenvalue weighted by Gasteiger charge is 2.65. The Morgan fingerprint density at radius 3 is 2.45 bits per heavy atom. The SMILES string of the molecule is CC(=O)Oc1ccc2c3c1O[C@H]1[C@@H](OC(C)=O)C=C[C@H]4[C@@H](C2)N(C)CC[C@@]341.CC(C)CC(C(=O)O)N(C)C. The molecule has 2 aliphatic heterocycles. The van der Waals surface area contributed by atoms with Gasteiger partial charge in [0, 0.05) is 36.8 Å². The van der Waals surface area contributed by atoms with E-state index in [1.54, 1.807) is 19.0 Å². The van der Waals surface area contributed by atoms with E-state index in [1.165, 1.54) is 19.4 Å². The number of carbonyl (C=O) groups is 3. The van der Waals surface area contributed by atoms with Crippen LogP contribution in [0.15, 0.2) is 24.3 Å². The number of aliphatic carboxylic acids is 1. The van der Waals surface area contributed by atoms with Gasteiger partial charge in [-0.15, -0.1) is 0 Å². The number of likely N-dealkylation sites (N-methyl/N-ethyl adjacent to an activating group) is 2. The van der Waals surface area contributed by atoms with Crippen molar-refractivity contribution in [3.8, 4) is 11.5 Å². The van der Waals surface area contributed by atoms with Gasteiger partial charge >= 0.3 is 17.9 Å². The van der Waals surface area contributed by atoms with Crippen molar-refractivity contribution in [2.45, 2.75) is 76.7 Å². The van der Waals surface area contributed by atoms with Gasteiger partial charge in [-0.05, 0) is 70.6 Å². The average Bonchev–Trinajstić information content (AvgIpc) is 3.17. The number of hydrogen-bond donors (Lipinski definition) is 1. The highest BCUT2D eigenvalue weighted by atomic mass is 16.6. The Morgan fingerprint density at radius 1 is 1.18 bits per heavy atom. The summed E-state index contributed by atoms with van der Waals surface area (Å²) in [5.74, 6) is 0.408. The Bertz CT molecular complexity index is 1130. The van der Waals surface area contributed by atoms with Crippen LogP contribution < -0.4 is 9.47 Å². The van der Waals surface area contributed by atoms with Crippen molar-refractivity contribution in [3.05, 3.63) is 35.4 Å². The lowest BCUT2D eigenvalue weighted by Gasteiger charge is -2.56. The fourth-order valence-corrected chi connectivity index (χ4v) is 6.72. The van der Waals surface area contributed by atoms with Gasteiger partial charge in [0.1, 0.15) is 12.1 Å². The fraction of sp³-hybridized carbons (Fsp3) is 0.621. The summed E-state index contributed by atoms with van der Waals surface area (Å²) in [4.78, 5) is 38.1. The number of carboxylic acid groups (broad SMARTS) is 1. The molecule has 4 aliphatic rings. The second-order valence-electron chi connectivity index (χ2n) is 11.5. The molecule has 2 aliphatic carbocycles. The van der Waals surface area contributed by atoms with E-state index in [0.29, 0.717) is 29.9 Å². The van der Waals surface area contributed by atoms with Crippen molar-refractivity contribution in [2.75, 3.05) is 27.7 Å². The monoisotopic (exact) mass is 528 g/mol. The topological polar surface area (TPSA) is 106 Å². The molecule has 9 heteroatoms. The number of hydrogen-bond acceptors (Lipinski definition) is 8. The van der Waals surface area contributed by atoms with Gasteiger partial charge in [-0.3, -0.25) is 19.3 Å². The molecule has 1 aromatic rings. The molecular weight excluding hydrogens is 488 g/mol. The molecule has 1 unspecified atom stereocenters. The molecule has 0 saturated carbocycles. The number of nitrogens with zero attached hydrogens (tertiary/aromatic N) is 2. The third kappa shape index (κ3) is 4.94. The molecule has 1 N–H and O–H groups in total. The van der Waals surface area contributed by atoms with Crippen molar-refractivity contribution < 1.29 is 33.7 Å². The second-order valence-corrected chi connectivity index (χ2v) is 11.5. The number of carboxylic acids is 1. The minimum absolute atomic E-state index is 0.245. The largest absolute Gasteiger partial charge is 0.481 e. The van der Waals surface area contributed by atoms with Gasteiger partial charge in [-0.25, -0.2) is 0 Å². The predicted molar refractivity (Wildman–Crippen MR) is 141 cm³/mol. The van der Waals surface area contributed by atoms with Crippen LogP contribution in [0.4, 0.5) is 0 Å². The molecule has 208 valence electrons. The van der Waals surface area contributed by atoms with Gasteiger partial charge in [-0.1, -0.05) is 26.0 Å². The molecule has 1 spiro atoms. The molecule has 9 nitrogen and oxygen atoms in total. The Hall–Kier alpha value is -2.91. The average molecular weight is 529 g/mol. The lowest BCUT2D eigenvalue weighted by molar-refractivity contribution is -0.152. The standard InChI is InChI=1S/C21H23NO5.C8H17NO2/c1-11(23)25-16-6-4-13-10-15-14-5-7-17(26-12(2)24)20-21(14,8-9-22(15)3)18(13)19(16)27-20;1-6(2)5-7(8(10)11)9(3)4/h4-7,14-15,17,20H,8-10H2,1-3H3;6-7H,5H2,1-4H3,(H,10,11)/t14-,15+,17-,20-,21-;/m0./s1. The molecule has 0 radical (unpaired) electrons. The zero-order valence-electron chi connectivity index (χ0n) is 23.4. The molecule has 1 aromatic carbocycles. The number of carbonyl (C=O) groups excluding carboxylic acids is 2. The molecule has 0 amide bonds. The van der Waals surface area contributed by atoms with Gasteiger partial charge in [-0.2, -0.15) is 0 Å². The molecular formula is C29H40N2O7. The second kappa shape index (κ2) is 10.7. The van der Waals surface area contributed by atoms with Gasteiger partial charge < -0.3 is 24.2 Å². The number of esters is 2. The van der Waals surface area contributed by atoms with Crippen LogP contribution in [-0.2, 0) is 31.0 Å². The Morgan fingerprint density at radius 2 is 1.89 bits per heavy atom. The molecule has 5 rings (SSSR count). The minimum atomic E-state index is -0.733. The first-order valence-corrected chi connectivity index (χ1v) is 13.3. The van der Waals surface area contributed by atoms with E-state index in [4.69, 9.17) is 19.3 Å². The van der Waals surface area contributed by atoms with E-state index in [2.05, 4.69) is 24.1 Å². The Kier molecular flexibility index (Phi) is 7.91. The van der Waals surface area contributed by atoms with E-state index >= 15 is 0 Å². The van der Waals surface area contributed by atoms with Crippen LogP contribution >= 0.6 is 0 Å². The zero-order valence-corrected chi connectivity index (χ0v) is 23.4. The highest BCUT2D eigenvalue weighted by molar-refractivity contribution is 5.73. The van der Waals surface area contributed by atoms with E-state index < -0.39 is 12.1 Å². The first kappa shape index (κ1) is 28.1. The predicted octanol–water partition coefficient (Wildman–Crippen LogP) is 3.04. The highest BCUT2D eigenvalue weighted by Crippen LogP contribution is 2.62. The van der Waals surface area contributed by atoms with Crippen molar-refractivity contribution in [1.82, 2.24) is 9.80 Å². The van der Waals surface area contributed by atoms with Crippen LogP contribution in [0, 0.1) is 11.8 Å². The summed E-state index contributed by atoms with van der Waals surface area (Å²) in [6.45, 7) is 7.83. The number of ether oxygens (including phenoxy) is 3. The maximum Gasteiger partial charge on any atom is 0.320 e. The van der Waals surface area contributed by atoms with E-state index in [0.717, 1.165) is 24.9 Å². The third-order valence-corrected chi connectivity index (χ3v) is 8.27.